The molecular weight excluding hydrogens is 280 g/mol. The molecule has 0 aliphatic rings. The number of carbonyl (C=O) groups excluding carboxylic acids is 1. The monoisotopic (exact) mass is 292 g/mol. The molecule has 1 heterocycles. The predicted molar refractivity (Wildman–Crippen MR) is 67.9 cm³/mol. The number of aromatic nitrogens is 1. The van der Waals surface area contributed by atoms with Crippen molar-refractivity contribution in [3.8, 4) is 0 Å². The van der Waals surface area contributed by atoms with Crippen molar-refractivity contribution in [2.24, 2.45) is 0 Å². The Morgan fingerprint density at radius 2 is 2.28 bits per heavy atom. The van der Waals surface area contributed by atoms with Crippen molar-refractivity contribution in [2.75, 3.05) is 17.1 Å². The van der Waals surface area contributed by atoms with Gasteiger partial charge < -0.3 is 4.74 Å². The van der Waals surface area contributed by atoms with Gasteiger partial charge in [-0.3, -0.25) is 9.52 Å². The SMILES string of the molecule is CCOC(=O)CCS(=O)(=O)Nc1cc(Cl)ccn1. The molecule has 0 aliphatic carbocycles. The van der Waals surface area contributed by atoms with Gasteiger partial charge in [0.1, 0.15) is 5.82 Å². The number of ether oxygens (including phenoxy) is 1. The van der Waals surface area contributed by atoms with Crippen LogP contribution in [0.3, 0.4) is 0 Å². The highest BCUT2D eigenvalue weighted by atomic mass is 35.5. The highest BCUT2D eigenvalue weighted by Gasteiger charge is 2.14. The Hall–Kier alpha value is -1.34. The van der Waals surface area contributed by atoms with Crippen molar-refractivity contribution >= 4 is 33.4 Å². The van der Waals surface area contributed by atoms with E-state index >= 15 is 0 Å². The fraction of sp³-hybridized carbons (Fsp3) is 0.400. The molecule has 1 aromatic rings. The van der Waals surface area contributed by atoms with Crippen molar-refractivity contribution in [3.05, 3.63) is 23.4 Å². The van der Waals surface area contributed by atoms with E-state index in [0.717, 1.165) is 0 Å². The summed E-state index contributed by atoms with van der Waals surface area (Å²) < 4.78 is 30.1. The summed E-state index contributed by atoms with van der Waals surface area (Å²) in [5.41, 5.74) is 0. The Morgan fingerprint density at radius 3 is 2.89 bits per heavy atom. The summed E-state index contributed by atoms with van der Waals surface area (Å²) in [6.07, 6.45) is 1.18. The van der Waals surface area contributed by atoms with Crippen LogP contribution in [0.2, 0.25) is 5.02 Å². The summed E-state index contributed by atoms with van der Waals surface area (Å²) in [6, 6.07) is 2.90. The number of esters is 1. The summed E-state index contributed by atoms with van der Waals surface area (Å²) in [5.74, 6) is -0.798. The summed E-state index contributed by atoms with van der Waals surface area (Å²) in [4.78, 5) is 14.8. The van der Waals surface area contributed by atoms with Crippen LogP contribution in [0.15, 0.2) is 18.3 Å². The fourth-order valence-corrected chi connectivity index (χ4v) is 2.25. The van der Waals surface area contributed by atoms with E-state index < -0.39 is 16.0 Å². The minimum absolute atomic E-state index is 0.117. The number of sulfonamides is 1. The van der Waals surface area contributed by atoms with Crippen LogP contribution in [-0.2, 0) is 19.6 Å². The second-order valence-electron chi connectivity index (χ2n) is 3.34. The number of rotatable bonds is 6. The molecule has 0 fully saturated rings. The van der Waals surface area contributed by atoms with Crippen molar-refractivity contribution in [2.45, 2.75) is 13.3 Å². The van der Waals surface area contributed by atoms with Crippen LogP contribution in [0, 0.1) is 0 Å². The maximum atomic E-state index is 11.6. The molecule has 0 unspecified atom stereocenters. The van der Waals surface area contributed by atoms with Gasteiger partial charge in [0.25, 0.3) is 0 Å². The van der Waals surface area contributed by atoms with Crippen LogP contribution in [-0.4, -0.2) is 31.7 Å². The maximum Gasteiger partial charge on any atom is 0.306 e. The van der Waals surface area contributed by atoms with Gasteiger partial charge in [-0.1, -0.05) is 11.6 Å². The van der Waals surface area contributed by atoms with Crippen LogP contribution in [0.25, 0.3) is 0 Å². The van der Waals surface area contributed by atoms with E-state index in [2.05, 4.69) is 14.4 Å². The summed E-state index contributed by atoms with van der Waals surface area (Å²) in [6.45, 7) is 1.88. The van der Waals surface area contributed by atoms with Crippen LogP contribution < -0.4 is 4.72 Å². The molecule has 8 heteroatoms. The Bertz CT molecular complexity index is 518. The van der Waals surface area contributed by atoms with E-state index in [1.807, 2.05) is 0 Å². The summed E-state index contributed by atoms with van der Waals surface area (Å²) in [5, 5.41) is 0.369. The number of pyridine rings is 1. The topological polar surface area (TPSA) is 85.4 Å². The van der Waals surface area contributed by atoms with Crippen molar-refractivity contribution in [1.82, 2.24) is 4.98 Å². The molecule has 1 aromatic heterocycles. The fourth-order valence-electron chi connectivity index (χ4n) is 1.12. The quantitative estimate of drug-likeness (QED) is 0.802. The van der Waals surface area contributed by atoms with E-state index in [1.54, 1.807) is 6.92 Å². The van der Waals surface area contributed by atoms with E-state index in [0.29, 0.717) is 5.02 Å². The molecule has 0 radical (unpaired) electrons. The molecule has 0 aromatic carbocycles. The number of halogens is 1. The smallest absolute Gasteiger partial charge is 0.306 e. The van der Waals surface area contributed by atoms with E-state index in [9.17, 15) is 13.2 Å². The van der Waals surface area contributed by atoms with Crippen LogP contribution >= 0.6 is 11.6 Å². The predicted octanol–water partition coefficient (Wildman–Crippen LogP) is 1.43. The zero-order chi connectivity index (χ0) is 13.6. The normalized spacial score (nSPS) is 11.0. The lowest BCUT2D eigenvalue weighted by molar-refractivity contribution is -0.142. The maximum absolute atomic E-state index is 11.6. The van der Waals surface area contributed by atoms with E-state index in [1.165, 1.54) is 18.3 Å². The van der Waals surface area contributed by atoms with Gasteiger partial charge in [-0.15, -0.1) is 0 Å². The number of nitrogens with one attached hydrogen (secondary N) is 1. The third-order valence-corrected chi connectivity index (χ3v) is 3.36. The number of anilines is 1. The molecule has 1 N–H and O–H groups in total. The number of hydrogen-bond donors (Lipinski definition) is 1. The molecule has 18 heavy (non-hydrogen) atoms. The first-order valence-corrected chi connectivity index (χ1v) is 7.23. The minimum atomic E-state index is -3.64. The lowest BCUT2D eigenvalue weighted by Gasteiger charge is -2.07. The number of carbonyl (C=O) groups is 1. The molecule has 0 bridgehead atoms. The van der Waals surface area contributed by atoms with Crippen molar-refractivity contribution in [1.29, 1.82) is 0 Å². The number of nitrogens with zero attached hydrogens (tertiary/aromatic N) is 1. The number of hydrogen-bond acceptors (Lipinski definition) is 5. The van der Waals surface area contributed by atoms with Gasteiger partial charge in [0, 0.05) is 17.3 Å². The average molecular weight is 293 g/mol. The van der Waals surface area contributed by atoms with Crippen LogP contribution in [0.5, 0.6) is 0 Å². The molecule has 1 rings (SSSR count). The van der Waals surface area contributed by atoms with Gasteiger partial charge in [-0.25, -0.2) is 13.4 Å². The van der Waals surface area contributed by atoms with Crippen LogP contribution in [0.1, 0.15) is 13.3 Å². The van der Waals surface area contributed by atoms with Gasteiger partial charge in [0.05, 0.1) is 18.8 Å². The molecule has 0 aliphatic heterocycles. The zero-order valence-corrected chi connectivity index (χ0v) is 11.3. The summed E-state index contributed by atoms with van der Waals surface area (Å²) in [7, 11) is -3.64. The molecule has 100 valence electrons. The standard InChI is InChI=1S/C10H13ClN2O4S/c1-2-17-10(14)4-6-18(15,16)13-9-7-8(11)3-5-12-9/h3,5,7H,2,4,6H2,1H3,(H,12,13). The first-order chi connectivity index (χ1) is 8.43. The second kappa shape index (κ2) is 6.55. The third kappa shape index (κ3) is 5.33. The molecule has 0 spiro atoms. The zero-order valence-electron chi connectivity index (χ0n) is 9.72. The second-order valence-corrected chi connectivity index (χ2v) is 5.61. The first-order valence-electron chi connectivity index (χ1n) is 5.20. The molecular formula is C10H13ClN2O4S. The van der Waals surface area contributed by atoms with E-state index in [-0.39, 0.29) is 24.6 Å². The van der Waals surface area contributed by atoms with Gasteiger partial charge in [-0.2, -0.15) is 0 Å². The first kappa shape index (κ1) is 14.7. The van der Waals surface area contributed by atoms with Crippen molar-refractivity contribution < 1.29 is 17.9 Å². The highest BCUT2D eigenvalue weighted by Crippen LogP contribution is 2.13. The lowest BCUT2D eigenvalue weighted by atomic mass is 10.5. The molecule has 0 atom stereocenters. The Balaban J connectivity index is 2.57. The van der Waals surface area contributed by atoms with E-state index in [4.69, 9.17) is 11.6 Å². The summed E-state index contributed by atoms with van der Waals surface area (Å²) >= 11 is 5.69. The molecule has 0 amide bonds. The molecule has 6 nitrogen and oxygen atoms in total. The largest absolute Gasteiger partial charge is 0.466 e. The van der Waals surface area contributed by atoms with Gasteiger partial charge in [0.2, 0.25) is 10.0 Å². The average Bonchev–Trinajstić information content (AvgIpc) is 2.26. The lowest BCUT2D eigenvalue weighted by Crippen LogP contribution is -2.20. The van der Waals surface area contributed by atoms with Gasteiger partial charge in [-0.05, 0) is 13.0 Å². The van der Waals surface area contributed by atoms with Gasteiger partial charge >= 0.3 is 5.97 Å². The van der Waals surface area contributed by atoms with Crippen LogP contribution in [0.4, 0.5) is 5.82 Å². The third-order valence-electron chi connectivity index (χ3n) is 1.86. The minimum Gasteiger partial charge on any atom is -0.466 e. The Morgan fingerprint density at radius 1 is 1.56 bits per heavy atom. The van der Waals surface area contributed by atoms with Gasteiger partial charge in [0.15, 0.2) is 0 Å². The molecule has 0 saturated heterocycles. The Labute approximate surface area is 110 Å². The Kier molecular flexibility index (Phi) is 5.36. The highest BCUT2D eigenvalue weighted by molar-refractivity contribution is 7.92. The van der Waals surface area contributed by atoms with Crippen molar-refractivity contribution in [3.63, 3.8) is 0 Å². The molecule has 0 saturated carbocycles.